The van der Waals surface area contributed by atoms with E-state index < -0.39 is 11.5 Å². The first-order valence-corrected chi connectivity index (χ1v) is 6.94. The number of rotatable bonds is 4. The quantitative estimate of drug-likeness (QED) is 0.916. The molecule has 1 unspecified atom stereocenters. The van der Waals surface area contributed by atoms with Gasteiger partial charge in [0.1, 0.15) is 0 Å². The van der Waals surface area contributed by atoms with Crippen LogP contribution in [0.4, 0.5) is 5.69 Å². The fourth-order valence-corrected chi connectivity index (χ4v) is 2.68. The summed E-state index contributed by atoms with van der Waals surface area (Å²) in [6.07, 6.45) is 0.464. The monoisotopic (exact) mass is 272 g/mol. The summed E-state index contributed by atoms with van der Waals surface area (Å²) in [4.78, 5) is 14.2. The van der Waals surface area contributed by atoms with E-state index in [0.717, 1.165) is 16.8 Å². The SMILES string of the molecule is CCC(O)c1ccc2c(c1)C(C)(C)C(=O)N2CCC#N. The molecule has 0 radical (unpaired) electrons. The Hall–Kier alpha value is -1.86. The van der Waals surface area contributed by atoms with Gasteiger partial charge in [-0.05, 0) is 37.5 Å². The van der Waals surface area contributed by atoms with E-state index in [9.17, 15) is 9.90 Å². The first-order valence-electron chi connectivity index (χ1n) is 6.94. The second-order valence-corrected chi connectivity index (χ2v) is 5.69. The number of amides is 1. The highest BCUT2D eigenvalue weighted by Crippen LogP contribution is 2.42. The van der Waals surface area contributed by atoms with Gasteiger partial charge in [-0.2, -0.15) is 5.26 Å². The molecule has 0 saturated heterocycles. The van der Waals surface area contributed by atoms with E-state index in [1.807, 2.05) is 39.0 Å². The van der Waals surface area contributed by atoms with Gasteiger partial charge in [0.2, 0.25) is 5.91 Å². The zero-order chi connectivity index (χ0) is 14.9. The molecule has 20 heavy (non-hydrogen) atoms. The van der Waals surface area contributed by atoms with Crippen LogP contribution in [0.25, 0.3) is 0 Å². The number of nitrogens with zero attached hydrogens (tertiary/aromatic N) is 2. The first-order chi connectivity index (χ1) is 9.43. The molecule has 0 bridgehead atoms. The molecular weight excluding hydrogens is 252 g/mol. The van der Waals surface area contributed by atoms with Crippen molar-refractivity contribution in [3.63, 3.8) is 0 Å². The smallest absolute Gasteiger partial charge is 0.237 e. The third-order valence-electron chi connectivity index (χ3n) is 3.98. The minimum atomic E-state index is -0.603. The lowest BCUT2D eigenvalue weighted by molar-refractivity contribution is -0.122. The Labute approximate surface area is 119 Å². The Morgan fingerprint density at radius 3 is 2.75 bits per heavy atom. The molecule has 1 aromatic carbocycles. The number of fused-ring (bicyclic) bond motifs is 1. The van der Waals surface area contributed by atoms with Gasteiger partial charge in [-0.15, -0.1) is 0 Å². The van der Waals surface area contributed by atoms with Crippen LogP contribution >= 0.6 is 0 Å². The predicted octanol–water partition coefficient (Wildman–Crippen LogP) is 2.67. The average Bonchev–Trinajstić information content (AvgIpc) is 2.64. The van der Waals surface area contributed by atoms with Crippen LogP contribution in [0.15, 0.2) is 18.2 Å². The average molecular weight is 272 g/mol. The summed E-state index contributed by atoms with van der Waals surface area (Å²) in [5.74, 6) is 0.0193. The summed E-state index contributed by atoms with van der Waals surface area (Å²) in [5, 5.41) is 18.7. The number of benzene rings is 1. The summed E-state index contributed by atoms with van der Waals surface area (Å²) >= 11 is 0. The van der Waals surface area contributed by atoms with E-state index in [-0.39, 0.29) is 5.91 Å². The highest BCUT2D eigenvalue weighted by atomic mass is 16.3. The van der Waals surface area contributed by atoms with Gasteiger partial charge < -0.3 is 10.0 Å². The van der Waals surface area contributed by atoms with E-state index in [0.29, 0.717) is 19.4 Å². The highest BCUT2D eigenvalue weighted by molar-refractivity contribution is 6.07. The lowest BCUT2D eigenvalue weighted by Gasteiger charge is -2.19. The van der Waals surface area contributed by atoms with Gasteiger partial charge in [-0.3, -0.25) is 4.79 Å². The van der Waals surface area contributed by atoms with Gasteiger partial charge in [0.15, 0.2) is 0 Å². The maximum Gasteiger partial charge on any atom is 0.237 e. The molecule has 0 aromatic heterocycles. The van der Waals surface area contributed by atoms with Crippen LogP contribution in [0.1, 0.15) is 50.8 Å². The van der Waals surface area contributed by atoms with Crippen LogP contribution in [0, 0.1) is 11.3 Å². The highest BCUT2D eigenvalue weighted by Gasteiger charge is 2.43. The Kier molecular flexibility index (Phi) is 3.82. The number of carbonyl (C=O) groups excluding carboxylic acids is 1. The zero-order valence-electron chi connectivity index (χ0n) is 12.2. The molecule has 2 rings (SSSR count). The Balaban J connectivity index is 2.46. The van der Waals surface area contributed by atoms with Crippen molar-refractivity contribution in [3.8, 4) is 6.07 Å². The van der Waals surface area contributed by atoms with E-state index in [2.05, 4.69) is 6.07 Å². The van der Waals surface area contributed by atoms with E-state index in [1.54, 1.807) is 4.90 Å². The predicted molar refractivity (Wildman–Crippen MR) is 77.3 cm³/mol. The van der Waals surface area contributed by atoms with Gasteiger partial charge >= 0.3 is 0 Å². The third kappa shape index (κ3) is 2.19. The van der Waals surface area contributed by atoms with Crippen LogP contribution < -0.4 is 4.90 Å². The summed E-state index contributed by atoms with van der Waals surface area (Å²) in [7, 11) is 0. The Morgan fingerprint density at radius 2 is 2.15 bits per heavy atom. The number of hydrogen-bond donors (Lipinski definition) is 1. The minimum absolute atomic E-state index is 0.0193. The fourth-order valence-electron chi connectivity index (χ4n) is 2.68. The maximum atomic E-state index is 12.5. The standard InChI is InChI=1S/C16H20N2O2/c1-4-14(19)11-6-7-13-12(10-11)16(2,3)15(20)18(13)9-5-8-17/h6-7,10,14,19H,4-5,9H2,1-3H3. The lowest BCUT2D eigenvalue weighted by Crippen LogP contribution is -2.36. The van der Waals surface area contributed by atoms with Crippen molar-refractivity contribution in [2.24, 2.45) is 0 Å². The number of anilines is 1. The van der Waals surface area contributed by atoms with Crippen molar-refractivity contribution in [1.29, 1.82) is 5.26 Å². The van der Waals surface area contributed by atoms with Gasteiger partial charge in [0.25, 0.3) is 0 Å². The summed E-state index contributed by atoms with van der Waals surface area (Å²) in [6, 6.07) is 7.75. The molecule has 0 spiro atoms. The second-order valence-electron chi connectivity index (χ2n) is 5.69. The Morgan fingerprint density at radius 1 is 1.45 bits per heavy atom. The van der Waals surface area contributed by atoms with Crippen molar-refractivity contribution in [1.82, 2.24) is 0 Å². The van der Waals surface area contributed by atoms with Crippen LogP contribution in [0.5, 0.6) is 0 Å². The summed E-state index contributed by atoms with van der Waals surface area (Å²) < 4.78 is 0. The summed E-state index contributed by atoms with van der Waals surface area (Å²) in [6.45, 7) is 6.13. The van der Waals surface area contributed by atoms with Gasteiger partial charge in [0.05, 0.1) is 24.0 Å². The van der Waals surface area contributed by atoms with E-state index in [4.69, 9.17) is 5.26 Å². The molecule has 1 atom stereocenters. The van der Waals surface area contributed by atoms with Gasteiger partial charge in [-0.1, -0.05) is 19.1 Å². The largest absolute Gasteiger partial charge is 0.388 e. The molecule has 106 valence electrons. The molecule has 1 aromatic rings. The molecule has 4 heteroatoms. The molecule has 1 N–H and O–H groups in total. The summed E-state index contributed by atoms with van der Waals surface area (Å²) in [5.41, 5.74) is 2.04. The molecule has 4 nitrogen and oxygen atoms in total. The number of aliphatic hydroxyl groups excluding tert-OH is 1. The van der Waals surface area contributed by atoms with Crippen molar-refractivity contribution < 1.29 is 9.90 Å². The van der Waals surface area contributed by atoms with Crippen molar-refractivity contribution in [2.45, 2.75) is 45.1 Å². The molecule has 0 fully saturated rings. The molecule has 0 aliphatic carbocycles. The Bertz CT molecular complexity index is 572. The maximum absolute atomic E-state index is 12.5. The van der Waals surface area contributed by atoms with E-state index >= 15 is 0 Å². The van der Waals surface area contributed by atoms with Crippen molar-refractivity contribution in [2.75, 3.05) is 11.4 Å². The molecule has 1 aliphatic heterocycles. The number of aliphatic hydroxyl groups is 1. The lowest BCUT2D eigenvalue weighted by atomic mass is 9.85. The van der Waals surface area contributed by atoms with Crippen molar-refractivity contribution >= 4 is 11.6 Å². The van der Waals surface area contributed by atoms with E-state index in [1.165, 1.54) is 0 Å². The molecule has 1 amide bonds. The number of nitriles is 1. The molecular formula is C16H20N2O2. The van der Waals surface area contributed by atoms with Crippen LogP contribution in [-0.2, 0) is 10.2 Å². The first kappa shape index (κ1) is 14.5. The number of hydrogen-bond acceptors (Lipinski definition) is 3. The van der Waals surface area contributed by atoms with Crippen LogP contribution in [0.3, 0.4) is 0 Å². The van der Waals surface area contributed by atoms with Crippen LogP contribution in [0.2, 0.25) is 0 Å². The molecule has 0 saturated carbocycles. The number of carbonyl (C=O) groups is 1. The van der Waals surface area contributed by atoms with Gasteiger partial charge in [-0.25, -0.2) is 0 Å². The van der Waals surface area contributed by atoms with Crippen molar-refractivity contribution in [3.05, 3.63) is 29.3 Å². The fraction of sp³-hybridized carbons (Fsp3) is 0.500. The normalized spacial score (nSPS) is 17.8. The third-order valence-corrected chi connectivity index (χ3v) is 3.98. The molecule has 1 aliphatic rings. The van der Waals surface area contributed by atoms with Gasteiger partial charge in [0, 0.05) is 12.2 Å². The zero-order valence-corrected chi connectivity index (χ0v) is 12.2. The minimum Gasteiger partial charge on any atom is -0.388 e. The second kappa shape index (κ2) is 5.26. The van der Waals surface area contributed by atoms with Crippen LogP contribution in [-0.4, -0.2) is 17.6 Å². The molecule has 1 heterocycles. The topological polar surface area (TPSA) is 64.3 Å².